The maximum atomic E-state index is 10.8. The molecule has 1 N–H and O–H groups in total. The van der Waals surface area contributed by atoms with E-state index in [4.69, 9.17) is 11.5 Å². The van der Waals surface area contributed by atoms with Crippen LogP contribution in [0.5, 0.6) is 0 Å². The van der Waals surface area contributed by atoms with E-state index in [1.54, 1.807) is 12.1 Å². The molecule has 2 heteroatoms. The van der Waals surface area contributed by atoms with Crippen LogP contribution in [-0.4, -0.2) is 11.1 Å². The van der Waals surface area contributed by atoms with Crippen molar-refractivity contribution in [2.24, 2.45) is 0 Å². The second kappa shape index (κ2) is 4.48. The Morgan fingerprint density at radius 3 is 2.79 bits per heavy atom. The van der Waals surface area contributed by atoms with Gasteiger partial charge in [-0.2, -0.15) is 0 Å². The van der Waals surface area contributed by atoms with E-state index >= 15 is 0 Å². The van der Waals surface area contributed by atoms with E-state index in [1.807, 2.05) is 6.07 Å². The molecule has 0 radical (unpaired) electrons. The van der Waals surface area contributed by atoms with Crippen molar-refractivity contribution < 1.29 is 9.90 Å². The van der Waals surface area contributed by atoms with Gasteiger partial charge in [-0.25, -0.2) is 4.79 Å². The summed E-state index contributed by atoms with van der Waals surface area (Å²) in [5, 5.41) is 8.89. The van der Waals surface area contributed by atoms with E-state index in [0.29, 0.717) is 5.56 Å². The highest BCUT2D eigenvalue weighted by atomic mass is 16.4. The highest BCUT2D eigenvalue weighted by Gasteiger charge is 2.08. The van der Waals surface area contributed by atoms with Crippen molar-refractivity contribution in [2.75, 3.05) is 0 Å². The van der Waals surface area contributed by atoms with Crippen LogP contribution >= 0.6 is 0 Å². The first-order valence-corrected chi connectivity index (χ1v) is 4.52. The SMILES string of the molecule is C#Cc1ccc(CCC)cc1C(=O)O. The van der Waals surface area contributed by atoms with Crippen LogP contribution in [-0.2, 0) is 6.42 Å². The molecule has 0 aliphatic carbocycles. The first-order chi connectivity index (χ1) is 6.69. The molecular formula is C12H12O2. The van der Waals surface area contributed by atoms with Gasteiger partial charge in [0, 0.05) is 5.56 Å². The maximum Gasteiger partial charge on any atom is 0.336 e. The van der Waals surface area contributed by atoms with E-state index in [1.165, 1.54) is 0 Å². The van der Waals surface area contributed by atoms with Crippen molar-refractivity contribution in [1.82, 2.24) is 0 Å². The zero-order valence-corrected chi connectivity index (χ0v) is 8.08. The van der Waals surface area contributed by atoms with Crippen LogP contribution in [0.2, 0.25) is 0 Å². The minimum atomic E-state index is -0.962. The first-order valence-electron chi connectivity index (χ1n) is 4.52. The summed E-state index contributed by atoms with van der Waals surface area (Å²) in [6.45, 7) is 2.05. The van der Waals surface area contributed by atoms with E-state index in [9.17, 15) is 4.79 Å². The molecule has 0 atom stereocenters. The molecule has 0 heterocycles. The maximum absolute atomic E-state index is 10.8. The minimum Gasteiger partial charge on any atom is -0.478 e. The number of aromatic carboxylic acids is 1. The van der Waals surface area contributed by atoms with Crippen LogP contribution in [0.4, 0.5) is 0 Å². The summed E-state index contributed by atoms with van der Waals surface area (Å²) in [6.07, 6.45) is 7.07. The monoisotopic (exact) mass is 188 g/mol. The largest absolute Gasteiger partial charge is 0.478 e. The number of carboxylic acid groups (broad SMARTS) is 1. The second-order valence-electron chi connectivity index (χ2n) is 3.08. The van der Waals surface area contributed by atoms with E-state index < -0.39 is 5.97 Å². The van der Waals surface area contributed by atoms with Gasteiger partial charge in [0.2, 0.25) is 0 Å². The zero-order chi connectivity index (χ0) is 10.6. The molecule has 2 nitrogen and oxygen atoms in total. The average Bonchev–Trinajstić information content (AvgIpc) is 2.18. The topological polar surface area (TPSA) is 37.3 Å². The molecule has 0 aliphatic rings. The first kappa shape index (κ1) is 10.3. The number of carboxylic acids is 1. The van der Waals surface area contributed by atoms with Crippen molar-refractivity contribution in [3.05, 3.63) is 34.9 Å². The Kier molecular flexibility index (Phi) is 3.30. The molecule has 0 unspecified atom stereocenters. The molecule has 1 aromatic rings. The summed E-state index contributed by atoms with van der Waals surface area (Å²) in [4.78, 5) is 10.8. The summed E-state index contributed by atoms with van der Waals surface area (Å²) < 4.78 is 0. The van der Waals surface area contributed by atoms with Gasteiger partial charge in [0.15, 0.2) is 0 Å². The number of hydrogen-bond acceptors (Lipinski definition) is 1. The van der Waals surface area contributed by atoms with Gasteiger partial charge in [-0.1, -0.05) is 25.3 Å². The molecule has 0 saturated carbocycles. The number of rotatable bonds is 3. The molecule has 72 valence electrons. The molecule has 14 heavy (non-hydrogen) atoms. The van der Waals surface area contributed by atoms with Crippen LogP contribution < -0.4 is 0 Å². The molecule has 0 saturated heterocycles. The molecule has 0 fully saturated rings. The van der Waals surface area contributed by atoms with Gasteiger partial charge in [-0.05, 0) is 24.1 Å². The molecular weight excluding hydrogens is 176 g/mol. The van der Waals surface area contributed by atoms with Crippen molar-refractivity contribution in [3.63, 3.8) is 0 Å². The van der Waals surface area contributed by atoms with Crippen LogP contribution in [0.3, 0.4) is 0 Å². The van der Waals surface area contributed by atoms with Gasteiger partial charge < -0.3 is 5.11 Å². The lowest BCUT2D eigenvalue weighted by atomic mass is 10.0. The molecule has 0 aliphatic heterocycles. The predicted octanol–water partition coefficient (Wildman–Crippen LogP) is 2.32. The standard InChI is InChI=1S/C12H12O2/c1-3-5-9-6-7-10(4-2)11(8-9)12(13)14/h2,6-8H,3,5H2,1H3,(H,13,14). The molecule has 0 bridgehead atoms. The number of hydrogen-bond donors (Lipinski definition) is 1. The summed E-state index contributed by atoms with van der Waals surface area (Å²) in [6, 6.07) is 5.22. The summed E-state index contributed by atoms with van der Waals surface area (Å²) in [7, 11) is 0. The fraction of sp³-hybridized carbons (Fsp3) is 0.250. The van der Waals surface area contributed by atoms with Gasteiger partial charge in [-0.15, -0.1) is 6.42 Å². The van der Waals surface area contributed by atoms with Crippen LogP contribution in [0.25, 0.3) is 0 Å². The second-order valence-corrected chi connectivity index (χ2v) is 3.08. The summed E-state index contributed by atoms with van der Waals surface area (Å²) in [5.41, 5.74) is 1.68. The third-order valence-corrected chi connectivity index (χ3v) is 2.01. The van der Waals surface area contributed by atoms with Gasteiger partial charge in [-0.3, -0.25) is 0 Å². The molecule has 0 spiro atoms. The molecule has 1 aromatic carbocycles. The lowest BCUT2D eigenvalue weighted by molar-refractivity contribution is 0.0696. The van der Waals surface area contributed by atoms with Crippen molar-refractivity contribution in [2.45, 2.75) is 19.8 Å². The fourth-order valence-electron chi connectivity index (χ4n) is 1.34. The fourth-order valence-corrected chi connectivity index (χ4v) is 1.34. The summed E-state index contributed by atoms with van der Waals surface area (Å²) >= 11 is 0. The van der Waals surface area contributed by atoms with E-state index in [0.717, 1.165) is 18.4 Å². The van der Waals surface area contributed by atoms with Gasteiger partial charge in [0.05, 0.1) is 5.56 Å². The lowest BCUT2D eigenvalue weighted by Crippen LogP contribution is -2.01. The lowest BCUT2D eigenvalue weighted by Gasteiger charge is -2.03. The van der Waals surface area contributed by atoms with Gasteiger partial charge in [0.1, 0.15) is 0 Å². The predicted molar refractivity (Wildman–Crippen MR) is 55.3 cm³/mol. The van der Waals surface area contributed by atoms with Crippen molar-refractivity contribution >= 4 is 5.97 Å². The van der Waals surface area contributed by atoms with Gasteiger partial charge in [0.25, 0.3) is 0 Å². The normalized spacial score (nSPS) is 9.43. The smallest absolute Gasteiger partial charge is 0.336 e. The van der Waals surface area contributed by atoms with E-state index in [-0.39, 0.29) is 5.56 Å². The third kappa shape index (κ3) is 2.14. The van der Waals surface area contributed by atoms with Gasteiger partial charge >= 0.3 is 5.97 Å². The average molecular weight is 188 g/mol. The highest BCUT2D eigenvalue weighted by molar-refractivity contribution is 5.90. The Morgan fingerprint density at radius 2 is 2.29 bits per heavy atom. The number of benzene rings is 1. The quantitative estimate of drug-likeness (QED) is 0.739. The Hall–Kier alpha value is -1.75. The Balaban J connectivity index is 3.16. The number of aryl methyl sites for hydroxylation is 1. The van der Waals surface area contributed by atoms with Crippen molar-refractivity contribution in [1.29, 1.82) is 0 Å². The van der Waals surface area contributed by atoms with Crippen LogP contribution in [0.15, 0.2) is 18.2 Å². The minimum absolute atomic E-state index is 0.221. The molecule has 0 amide bonds. The van der Waals surface area contributed by atoms with E-state index in [2.05, 4.69) is 12.8 Å². The molecule has 1 rings (SSSR count). The highest BCUT2D eigenvalue weighted by Crippen LogP contribution is 2.12. The Morgan fingerprint density at radius 1 is 1.57 bits per heavy atom. The molecule has 0 aromatic heterocycles. The zero-order valence-electron chi connectivity index (χ0n) is 8.08. The third-order valence-electron chi connectivity index (χ3n) is 2.01. The Labute approximate surface area is 83.6 Å². The van der Waals surface area contributed by atoms with Crippen LogP contribution in [0.1, 0.15) is 34.8 Å². The number of carbonyl (C=O) groups is 1. The van der Waals surface area contributed by atoms with Crippen molar-refractivity contribution in [3.8, 4) is 12.3 Å². The summed E-state index contributed by atoms with van der Waals surface area (Å²) in [5.74, 6) is 1.40. The Bertz CT molecular complexity index is 386. The number of terminal acetylenes is 1. The van der Waals surface area contributed by atoms with Crippen LogP contribution in [0, 0.1) is 12.3 Å².